The van der Waals surface area contributed by atoms with Crippen molar-refractivity contribution in [2.75, 3.05) is 5.32 Å². The zero-order valence-electron chi connectivity index (χ0n) is 7.67. The second-order valence-electron chi connectivity index (χ2n) is 3.50. The lowest BCUT2D eigenvalue weighted by molar-refractivity contribution is -0.137. The number of carboxylic acids is 1. The zero-order valence-corrected chi connectivity index (χ0v) is 9.26. The van der Waals surface area contributed by atoms with E-state index < -0.39 is 12.0 Å². The average Bonchev–Trinajstić information content (AvgIpc) is 2.48. The Hall–Kier alpha value is -1.03. The molecule has 0 radical (unpaired) electrons. The number of hydrogen-bond acceptors (Lipinski definition) is 2. The highest BCUT2D eigenvalue weighted by molar-refractivity contribution is 9.10. The molecule has 1 atom stereocenters. The topological polar surface area (TPSA) is 49.3 Å². The third-order valence-corrected chi connectivity index (χ3v) is 3.29. The molecule has 0 bridgehead atoms. The molecule has 1 aliphatic heterocycles. The van der Waals surface area contributed by atoms with E-state index in [1.165, 1.54) is 0 Å². The summed E-state index contributed by atoms with van der Waals surface area (Å²) in [6, 6.07) is 3.49. The van der Waals surface area contributed by atoms with Gasteiger partial charge in [0.25, 0.3) is 0 Å². The monoisotopic (exact) mass is 255 g/mol. The summed E-state index contributed by atoms with van der Waals surface area (Å²) in [7, 11) is 0. The highest BCUT2D eigenvalue weighted by Gasteiger charge is 2.26. The zero-order chi connectivity index (χ0) is 10.3. The molecule has 1 heterocycles. The van der Waals surface area contributed by atoms with E-state index in [4.69, 9.17) is 5.11 Å². The molecule has 0 aliphatic carbocycles. The first-order chi connectivity index (χ1) is 6.58. The van der Waals surface area contributed by atoms with E-state index in [2.05, 4.69) is 21.2 Å². The lowest BCUT2D eigenvalue weighted by Crippen LogP contribution is -2.26. The Balaban J connectivity index is 2.36. The summed E-state index contributed by atoms with van der Waals surface area (Å²) < 4.78 is 1.03. The van der Waals surface area contributed by atoms with Crippen LogP contribution in [0.25, 0.3) is 0 Å². The maximum atomic E-state index is 10.8. The molecule has 3 nitrogen and oxygen atoms in total. The predicted molar refractivity (Wildman–Crippen MR) is 57.6 cm³/mol. The van der Waals surface area contributed by atoms with Crippen molar-refractivity contribution in [1.29, 1.82) is 0 Å². The number of rotatable bonds is 1. The Bertz CT molecular complexity index is 372. The van der Waals surface area contributed by atoms with Crippen LogP contribution in [0.3, 0.4) is 0 Å². The first-order valence-corrected chi connectivity index (χ1v) is 5.15. The molecular weight excluding hydrogens is 246 g/mol. The maximum absolute atomic E-state index is 10.8. The van der Waals surface area contributed by atoms with Gasteiger partial charge in [-0.15, -0.1) is 0 Å². The molecule has 1 aromatic rings. The molecule has 1 aliphatic rings. The van der Waals surface area contributed by atoms with Gasteiger partial charge in [0, 0.05) is 16.6 Å². The maximum Gasteiger partial charge on any atom is 0.326 e. The summed E-state index contributed by atoms with van der Waals surface area (Å²) in [4.78, 5) is 10.8. The van der Waals surface area contributed by atoms with Crippen LogP contribution >= 0.6 is 15.9 Å². The normalized spacial score (nSPS) is 18.9. The van der Waals surface area contributed by atoms with Gasteiger partial charge in [0.1, 0.15) is 6.04 Å². The standard InChI is InChI=1S/C10H10BrNO2/c1-5-2-8-6(3-7(5)11)4-9(12-8)10(13)14/h2-3,9,12H,4H2,1H3,(H,13,14). The van der Waals surface area contributed by atoms with Crippen molar-refractivity contribution in [3.8, 4) is 0 Å². The van der Waals surface area contributed by atoms with Crippen molar-refractivity contribution in [1.82, 2.24) is 0 Å². The number of nitrogens with one attached hydrogen (secondary N) is 1. The summed E-state index contributed by atoms with van der Waals surface area (Å²) in [5.74, 6) is -0.796. The number of benzene rings is 1. The van der Waals surface area contributed by atoms with Gasteiger partial charge in [-0.05, 0) is 30.2 Å². The number of aliphatic carboxylic acids is 1. The Morgan fingerprint density at radius 2 is 2.36 bits per heavy atom. The van der Waals surface area contributed by atoms with E-state index in [-0.39, 0.29) is 0 Å². The molecule has 0 saturated heterocycles. The van der Waals surface area contributed by atoms with Crippen molar-refractivity contribution in [2.45, 2.75) is 19.4 Å². The number of carbonyl (C=O) groups is 1. The molecule has 0 fully saturated rings. The first kappa shape index (κ1) is 9.52. The van der Waals surface area contributed by atoms with Crippen LogP contribution in [0, 0.1) is 6.92 Å². The van der Waals surface area contributed by atoms with Crippen molar-refractivity contribution in [3.05, 3.63) is 27.7 Å². The fraction of sp³-hybridized carbons (Fsp3) is 0.300. The van der Waals surface area contributed by atoms with Gasteiger partial charge in [-0.2, -0.15) is 0 Å². The van der Waals surface area contributed by atoms with Crippen LogP contribution in [0.15, 0.2) is 16.6 Å². The molecule has 0 aromatic heterocycles. The number of aryl methyl sites for hydroxylation is 1. The minimum Gasteiger partial charge on any atom is -0.480 e. The van der Waals surface area contributed by atoms with Crippen molar-refractivity contribution in [2.24, 2.45) is 0 Å². The first-order valence-electron chi connectivity index (χ1n) is 4.36. The Morgan fingerprint density at radius 1 is 1.64 bits per heavy atom. The molecule has 1 aromatic carbocycles. The van der Waals surface area contributed by atoms with E-state index in [0.717, 1.165) is 21.3 Å². The van der Waals surface area contributed by atoms with E-state index in [1.54, 1.807) is 0 Å². The number of carboxylic acid groups (broad SMARTS) is 1. The SMILES string of the molecule is Cc1cc2c(cc1Br)CC(C(=O)O)N2. The van der Waals surface area contributed by atoms with Gasteiger partial charge in [0.15, 0.2) is 0 Å². The second-order valence-corrected chi connectivity index (χ2v) is 4.35. The molecule has 0 saturated carbocycles. The fourth-order valence-corrected chi connectivity index (χ4v) is 2.02. The third-order valence-electron chi connectivity index (χ3n) is 2.44. The molecule has 2 rings (SSSR count). The minimum atomic E-state index is -0.796. The molecule has 4 heteroatoms. The summed E-state index contributed by atoms with van der Waals surface area (Å²) in [5.41, 5.74) is 3.12. The van der Waals surface area contributed by atoms with Crippen LogP contribution in [0.1, 0.15) is 11.1 Å². The number of hydrogen-bond donors (Lipinski definition) is 2. The van der Waals surface area contributed by atoms with Crippen LogP contribution in [-0.4, -0.2) is 17.1 Å². The molecule has 0 amide bonds. The summed E-state index contributed by atoms with van der Waals surface area (Å²) in [6.07, 6.45) is 0.559. The average molecular weight is 256 g/mol. The number of fused-ring (bicyclic) bond motifs is 1. The molecule has 14 heavy (non-hydrogen) atoms. The van der Waals surface area contributed by atoms with Crippen molar-refractivity contribution < 1.29 is 9.90 Å². The van der Waals surface area contributed by atoms with Crippen LogP contribution in [0.5, 0.6) is 0 Å². The number of anilines is 1. The van der Waals surface area contributed by atoms with Crippen LogP contribution in [0.4, 0.5) is 5.69 Å². The van der Waals surface area contributed by atoms with Gasteiger partial charge in [-0.25, -0.2) is 4.79 Å². The third kappa shape index (κ3) is 1.50. The molecule has 2 N–H and O–H groups in total. The van der Waals surface area contributed by atoms with E-state index in [1.807, 2.05) is 19.1 Å². The molecular formula is C10H10BrNO2. The number of halogens is 1. The van der Waals surface area contributed by atoms with Crippen LogP contribution in [0.2, 0.25) is 0 Å². The van der Waals surface area contributed by atoms with Gasteiger partial charge < -0.3 is 10.4 Å². The highest BCUT2D eigenvalue weighted by atomic mass is 79.9. The highest BCUT2D eigenvalue weighted by Crippen LogP contribution is 2.31. The van der Waals surface area contributed by atoms with Gasteiger partial charge in [0.05, 0.1) is 0 Å². The lowest BCUT2D eigenvalue weighted by Gasteiger charge is -2.04. The van der Waals surface area contributed by atoms with Crippen LogP contribution < -0.4 is 5.32 Å². The van der Waals surface area contributed by atoms with E-state index in [9.17, 15) is 4.79 Å². The minimum absolute atomic E-state index is 0.473. The quantitative estimate of drug-likeness (QED) is 0.809. The summed E-state index contributed by atoms with van der Waals surface area (Å²) in [6.45, 7) is 1.99. The molecule has 74 valence electrons. The predicted octanol–water partition coefficient (Wildman–Crippen LogP) is 2.18. The van der Waals surface area contributed by atoms with Crippen LogP contribution in [-0.2, 0) is 11.2 Å². The fourth-order valence-electron chi connectivity index (χ4n) is 1.63. The van der Waals surface area contributed by atoms with Gasteiger partial charge in [0.2, 0.25) is 0 Å². The van der Waals surface area contributed by atoms with E-state index in [0.29, 0.717) is 6.42 Å². The second kappa shape index (κ2) is 3.28. The van der Waals surface area contributed by atoms with E-state index >= 15 is 0 Å². The smallest absolute Gasteiger partial charge is 0.326 e. The Morgan fingerprint density at radius 3 is 3.00 bits per heavy atom. The van der Waals surface area contributed by atoms with Gasteiger partial charge in [-0.3, -0.25) is 0 Å². The largest absolute Gasteiger partial charge is 0.480 e. The summed E-state index contributed by atoms with van der Waals surface area (Å²) >= 11 is 3.43. The van der Waals surface area contributed by atoms with Crippen molar-refractivity contribution in [3.63, 3.8) is 0 Å². The van der Waals surface area contributed by atoms with Gasteiger partial charge >= 0.3 is 5.97 Å². The van der Waals surface area contributed by atoms with Gasteiger partial charge in [-0.1, -0.05) is 15.9 Å². The molecule has 0 spiro atoms. The Kier molecular flexibility index (Phi) is 2.23. The summed E-state index contributed by atoms with van der Waals surface area (Å²) in [5, 5.41) is 11.8. The Labute approximate surface area is 90.3 Å². The molecule has 1 unspecified atom stereocenters. The lowest BCUT2D eigenvalue weighted by atomic mass is 10.1. The van der Waals surface area contributed by atoms with Crippen molar-refractivity contribution >= 4 is 27.6 Å².